The van der Waals surface area contributed by atoms with Gasteiger partial charge in [0.25, 0.3) is 5.91 Å². The van der Waals surface area contributed by atoms with E-state index >= 15 is 0 Å². The topological polar surface area (TPSA) is 139 Å². The fourth-order valence-electron chi connectivity index (χ4n) is 3.58. The molecular formula is C23H25F2N5O3S. The van der Waals surface area contributed by atoms with Crippen molar-refractivity contribution in [3.63, 3.8) is 0 Å². The second-order valence-corrected chi connectivity index (χ2v) is 9.83. The summed E-state index contributed by atoms with van der Waals surface area (Å²) in [5.74, 6) is -4.80. The van der Waals surface area contributed by atoms with Gasteiger partial charge in [0.15, 0.2) is 4.75 Å². The van der Waals surface area contributed by atoms with E-state index in [9.17, 15) is 23.2 Å². The van der Waals surface area contributed by atoms with Crippen LogP contribution in [0.2, 0.25) is 0 Å². The van der Waals surface area contributed by atoms with Gasteiger partial charge in [-0.05, 0) is 68.6 Å². The molecule has 2 aromatic carbocycles. The first-order valence-electron chi connectivity index (χ1n) is 10.2. The van der Waals surface area contributed by atoms with Crippen LogP contribution in [0.25, 0.3) is 0 Å². The fraction of sp³-hybridized carbons (Fsp3) is 0.261. The molecule has 34 heavy (non-hydrogen) atoms. The monoisotopic (exact) mass is 489 g/mol. The number of carbonyl (C=O) groups excluding carboxylic acids is 3. The number of nitrogens with one attached hydrogen (secondary N) is 3. The summed E-state index contributed by atoms with van der Waals surface area (Å²) in [4.78, 5) is 39.4. The van der Waals surface area contributed by atoms with E-state index in [0.717, 1.165) is 30.1 Å². The second-order valence-electron chi connectivity index (χ2n) is 8.78. The fourth-order valence-corrected chi connectivity index (χ4v) is 4.77. The lowest BCUT2D eigenvalue weighted by molar-refractivity contribution is -0.128. The van der Waals surface area contributed by atoms with Crippen LogP contribution < -0.4 is 26.8 Å². The van der Waals surface area contributed by atoms with E-state index in [2.05, 4.69) is 15.4 Å². The molecule has 0 saturated heterocycles. The van der Waals surface area contributed by atoms with Gasteiger partial charge in [-0.2, -0.15) is 0 Å². The van der Waals surface area contributed by atoms with Gasteiger partial charge in [-0.1, -0.05) is 18.2 Å². The highest BCUT2D eigenvalue weighted by atomic mass is 32.2. The summed E-state index contributed by atoms with van der Waals surface area (Å²) in [6.45, 7) is 5.25. The first-order valence-corrected chi connectivity index (χ1v) is 11.1. The second kappa shape index (κ2) is 9.34. The molecule has 11 heteroatoms. The predicted molar refractivity (Wildman–Crippen MR) is 126 cm³/mol. The number of benzene rings is 2. The Labute approximate surface area is 199 Å². The van der Waals surface area contributed by atoms with Crippen molar-refractivity contribution >= 4 is 35.4 Å². The molecule has 0 aliphatic carbocycles. The average molecular weight is 490 g/mol. The quantitative estimate of drug-likeness (QED) is 0.395. The summed E-state index contributed by atoms with van der Waals surface area (Å²) >= 11 is 0.717. The van der Waals surface area contributed by atoms with Crippen LogP contribution in [-0.2, 0) is 14.4 Å². The van der Waals surface area contributed by atoms with E-state index in [0.29, 0.717) is 0 Å². The number of nitrogens with two attached hydrogens (primary N) is 2. The van der Waals surface area contributed by atoms with Crippen LogP contribution in [0.3, 0.4) is 0 Å². The van der Waals surface area contributed by atoms with E-state index in [1.807, 2.05) is 0 Å². The Morgan fingerprint density at radius 3 is 2.24 bits per heavy atom. The zero-order chi connectivity index (χ0) is 25.3. The zero-order valence-electron chi connectivity index (χ0n) is 18.7. The van der Waals surface area contributed by atoms with E-state index in [4.69, 9.17) is 11.5 Å². The van der Waals surface area contributed by atoms with Crippen LogP contribution in [0.15, 0.2) is 59.9 Å². The van der Waals surface area contributed by atoms with E-state index in [1.165, 1.54) is 30.3 Å². The third kappa shape index (κ3) is 4.98. The van der Waals surface area contributed by atoms with Crippen molar-refractivity contribution in [3.05, 3.63) is 77.1 Å². The van der Waals surface area contributed by atoms with E-state index in [-0.39, 0.29) is 22.6 Å². The van der Waals surface area contributed by atoms with Crippen LogP contribution in [-0.4, -0.2) is 28.0 Å². The molecule has 2 unspecified atom stereocenters. The molecule has 2 aromatic rings. The molecule has 0 fully saturated rings. The van der Waals surface area contributed by atoms with E-state index in [1.54, 1.807) is 20.8 Å². The number of rotatable bonds is 6. The van der Waals surface area contributed by atoms with Crippen molar-refractivity contribution in [3.8, 4) is 0 Å². The lowest BCUT2D eigenvalue weighted by Gasteiger charge is -2.36. The number of hydrogen-bond donors (Lipinski definition) is 5. The molecule has 8 nitrogen and oxygen atoms in total. The van der Waals surface area contributed by atoms with Gasteiger partial charge in [0, 0.05) is 11.2 Å². The zero-order valence-corrected chi connectivity index (χ0v) is 19.6. The molecule has 7 N–H and O–H groups in total. The van der Waals surface area contributed by atoms with Crippen LogP contribution in [0.1, 0.15) is 32.3 Å². The van der Waals surface area contributed by atoms with Gasteiger partial charge in [-0.15, -0.1) is 0 Å². The van der Waals surface area contributed by atoms with Crippen molar-refractivity contribution in [1.82, 2.24) is 10.0 Å². The third-order valence-corrected chi connectivity index (χ3v) is 6.29. The largest absolute Gasteiger partial charge is 0.399 e. The molecular weight excluding hydrogens is 464 g/mol. The summed E-state index contributed by atoms with van der Waals surface area (Å²) in [5, 5.41) is 5.39. The number of carbonyl (C=O) groups is 3. The molecule has 3 rings (SSSR count). The van der Waals surface area contributed by atoms with Gasteiger partial charge >= 0.3 is 0 Å². The number of amides is 3. The molecule has 1 aliphatic heterocycles. The highest BCUT2D eigenvalue weighted by molar-refractivity contribution is 8.00. The Kier molecular flexibility index (Phi) is 6.87. The minimum absolute atomic E-state index is 0.111. The Bertz CT molecular complexity index is 1160. The van der Waals surface area contributed by atoms with Crippen molar-refractivity contribution in [2.24, 2.45) is 11.5 Å². The first kappa shape index (κ1) is 25.0. The Morgan fingerprint density at radius 2 is 1.71 bits per heavy atom. The minimum Gasteiger partial charge on any atom is -0.399 e. The summed E-state index contributed by atoms with van der Waals surface area (Å²) in [5.41, 5.74) is 10.9. The highest BCUT2D eigenvalue weighted by Crippen LogP contribution is 2.48. The maximum absolute atomic E-state index is 13.8. The van der Waals surface area contributed by atoms with Gasteiger partial charge < -0.3 is 26.8 Å². The smallest absolute Gasteiger partial charge is 0.267 e. The molecule has 0 radical (unpaired) electrons. The van der Waals surface area contributed by atoms with Crippen molar-refractivity contribution in [2.75, 3.05) is 5.32 Å². The Hall–Kier alpha value is -3.60. The maximum Gasteiger partial charge on any atom is 0.267 e. The predicted octanol–water partition coefficient (Wildman–Crippen LogP) is 2.25. The SMILES string of the molecule is CC(C)(C)NC(=O)C(c1ccc(F)cc1)C1(C(=O)Nc2cccc(F)c2)SNC(C(N)=O)=C1N. The van der Waals surface area contributed by atoms with E-state index < -0.39 is 45.6 Å². The Balaban J connectivity index is 2.22. The average Bonchev–Trinajstić information content (AvgIpc) is 3.06. The van der Waals surface area contributed by atoms with Crippen molar-refractivity contribution in [1.29, 1.82) is 0 Å². The lowest BCUT2D eigenvalue weighted by Crippen LogP contribution is -2.55. The highest BCUT2D eigenvalue weighted by Gasteiger charge is 2.58. The van der Waals surface area contributed by atoms with Crippen LogP contribution in [0, 0.1) is 11.6 Å². The number of hydrogen-bond acceptors (Lipinski definition) is 6. The number of primary amides is 1. The summed E-state index contributed by atoms with van der Waals surface area (Å²) < 4.78 is 28.2. The van der Waals surface area contributed by atoms with Crippen molar-refractivity contribution in [2.45, 2.75) is 37.0 Å². The van der Waals surface area contributed by atoms with Crippen molar-refractivity contribution < 1.29 is 23.2 Å². The first-order chi connectivity index (χ1) is 15.8. The molecule has 0 spiro atoms. The molecule has 0 bridgehead atoms. The molecule has 2 atom stereocenters. The molecule has 1 heterocycles. The van der Waals surface area contributed by atoms with Gasteiger partial charge in [0.05, 0.1) is 11.6 Å². The molecule has 180 valence electrons. The molecule has 1 aliphatic rings. The van der Waals surface area contributed by atoms with Gasteiger partial charge in [-0.25, -0.2) is 8.78 Å². The summed E-state index contributed by atoms with van der Waals surface area (Å²) in [7, 11) is 0. The summed E-state index contributed by atoms with van der Waals surface area (Å²) in [6.07, 6.45) is 0. The molecule has 3 amide bonds. The number of anilines is 1. The van der Waals surface area contributed by atoms with Gasteiger partial charge in [0.2, 0.25) is 11.8 Å². The van der Waals surface area contributed by atoms with Crippen LogP contribution in [0.4, 0.5) is 14.5 Å². The van der Waals surface area contributed by atoms with Crippen LogP contribution in [0.5, 0.6) is 0 Å². The summed E-state index contributed by atoms with van der Waals surface area (Å²) in [6, 6.07) is 10.2. The normalized spacial score (nSPS) is 18.7. The van der Waals surface area contributed by atoms with Crippen LogP contribution >= 0.6 is 11.9 Å². The third-order valence-electron chi connectivity index (χ3n) is 5.02. The standard InChI is InChI=1S/C23H25F2N5O3S/c1-22(2,3)29-20(32)16(12-7-9-13(24)10-8-12)23(18(26)17(19(27)31)30-34-23)21(33)28-15-6-4-5-14(25)11-15/h4-11,16,30H,26H2,1-3H3,(H2,27,31)(H,28,33)(H,29,32). The number of halogens is 2. The Morgan fingerprint density at radius 1 is 1.06 bits per heavy atom. The van der Waals surface area contributed by atoms with Gasteiger partial charge in [0.1, 0.15) is 17.3 Å². The molecule has 0 aromatic heterocycles. The maximum atomic E-state index is 13.8. The molecule has 0 saturated carbocycles. The lowest BCUT2D eigenvalue weighted by atomic mass is 9.80. The van der Waals surface area contributed by atoms with Gasteiger partial charge in [-0.3, -0.25) is 14.4 Å². The minimum atomic E-state index is -1.93.